The molecule has 5 N–H and O–H groups in total. The lowest BCUT2D eigenvalue weighted by Crippen LogP contribution is -2.11. The number of nitrogens with one attached hydrogen (secondary N) is 5. The highest BCUT2D eigenvalue weighted by Crippen LogP contribution is 2.22. The zero-order valence-electron chi connectivity index (χ0n) is 19.4. The maximum absolute atomic E-state index is 12.6. The molecule has 0 aliphatic heterocycles. The van der Waals surface area contributed by atoms with Crippen molar-refractivity contribution < 1.29 is 9.59 Å². The Balaban J connectivity index is 1.06. The highest BCUT2D eigenvalue weighted by Gasteiger charge is 2.09. The maximum atomic E-state index is 12.6. The van der Waals surface area contributed by atoms with E-state index in [2.05, 4.69) is 35.9 Å². The first-order valence-electron chi connectivity index (χ1n) is 11.6. The van der Waals surface area contributed by atoms with Gasteiger partial charge in [0.05, 0.1) is 34.7 Å². The van der Waals surface area contributed by atoms with Crippen molar-refractivity contribution in [3.05, 3.63) is 109 Å². The molecular formula is C28H21N7O2. The normalized spacial score (nSPS) is 10.9. The SMILES string of the molecule is O=C(Nc1ccc(Nc2ccc(NC(=O)c3ccc4nc[nH]c4c3)cc2)cc1)c1ccc2nc[nH]c2c1. The van der Waals surface area contributed by atoms with Crippen molar-refractivity contribution in [2.45, 2.75) is 0 Å². The quantitative estimate of drug-likeness (QED) is 0.206. The van der Waals surface area contributed by atoms with Crippen molar-refractivity contribution in [2.75, 3.05) is 16.0 Å². The Morgan fingerprint density at radius 1 is 0.541 bits per heavy atom. The minimum absolute atomic E-state index is 0.195. The van der Waals surface area contributed by atoms with Gasteiger partial charge >= 0.3 is 0 Å². The third-order valence-electron chi connectivity index (χ3n) is 5.94. The molecule has 2 amide bonds. The molecule has 180 valence electrons. The van der Waals surface area contributed by atoms with E-state index in [1.54, 1.807) is 36.9 Å². The number of amides is 2. The van der Waals surface area contributed by atoms with Crippen LogP contribution in [0.15, 0.2) is 97.6 Å². The van der Waals surface area contributed by atoms with E-state index in [1.165, 1.54) is 0 Å². The summed E-state index contributed by atoms with van der Waals surface area (Å²) in [5.41, 5.74) is 7.45. The Morgan fingerprint density at radius 2 is 0.946 bits per heavy atom. The van der Waals surface area contributed by atoms with Gasteiger partial charge in [-0.2, -0.15) is 0 Å². The number of imidazole rings is 2. The summed E-state index contributed by atoms with van der Waals surface area (Å²) in [4.78, 5) is 39.6. The van der Waals surface area contributed by atoms with Gasteiger partial charge in [0, 0.05) is 33.9 Å². The van der Waals surface area contributed by atoms with E-state index in [9.17, 15) is 9.59 Å². The van der Waals surface area contributed by atoms with Crippen LogP contribution in [-0.2, 0) is 0 Å². The van der Waals surface area contributed by atoms with Crippen molar-refractivity contribution >= 4 is 56.6 Å². The average molecular weight is 488 g/mol. The first kappa shape index (κ1) is 22.1. The summed E-state index contributed by atoms with van der Waals surface area (Å²) in [6, 6.07) is 25.5. The number of aromatic amines is 2. The molecule has 0 spiro atoms. The number of hydrogen-bond donors (Lipinski definition) is 5. The van der Waals surface area contributed by atoms with Gasteiger partial charge in [-0.25, -0.2) is 9.97 Å². The molecule has 4 aromatic carbocycles. The molecule has 6 rings (SSSR count). The first-order chi connectivity index (χ1) is 18.1. The molecule has 2 heterocycles. The molecule has 0 bridgehead atoms. The Labute approximate surface area is 211 Å². The topological polar surface area (TPSA) is 128 Å². The van der Waals surface area contributed by atoms with E-state index in [4.69, 9.17) is 0 Å². The van der Waals surface area contributed by atoms with Crippen molar-refractivity contribution in [3.8, 4) is 0 Å². The molecule has 0 fully saturated rings. The number of carbonyl (C=O) groups excluding carboxylic acids is 2. The molecule has 0 saturated carbocycles. The van der Waals surface area contributed by atoms with Crippen molar-refractivity contribution in [1.82, 2.24) is 19.9 Å². The Morgan fingerprint density at radius 3 is 1.38 bits per heavy atom. The standard InChI is InChI=1S/C28H21N7O2/c36-27(17-1-11-23-25(13-17)31-15-29-23)34-21-7-3-19(4-8-21)33-20-5-9-22(10-6-20)35-28(37)18-2-12-24-26(14-18)32-16-30-24/h1-16,33H,(H,29,31)(H,30,32)(H,34,36)(H,35,37). The molecule has 0 aliphatic rings. The minimum atomic E-state index is -0.195. The summed E-state index contributed by atoms with van der Waals surface area (Å²) in [7, 11) is 0. The molecule has 0 atom stereocenters. The van der Waals surface area contributed by atoms with Crippen LogP contribution in [0.4, 0.5) is 22.7 Å². The number of benzene rings is 4. The van der Waals surface area contributed by atoms with Gasteiger partial charge in [-0.05, 0) is 84.9 Å². The van der Waals surface area contributed by atoms with E-state index in [1.807, 2.05) is 60.7 Å². The van der Waals surface area contributed by atoms with Crippen LogP contribution in [0.3, 0.4) is 0 Å². The summed E-state index contributed by atoms with van der Waals surface area (Å²) in [6.45, 7) is 0. The van der Waals surface area contributed by atoms with Gasteiger partial charge in [-0.3, -0.25) is 9.59 Å². The third-order valence-corrected chi connectivity index (χ3v) is 5.94. The first-order valence-corrected chi connectivity index (χ1v) is 11.6. The van der Waals surface area contributed by atoms with Crippen LogP contribution in [-0.4, -0.2) is 31.8 Å². The summed E-state index contributed by atoms with van der Waals surface area (Å²) in [5, 5.41) is 9.13. The minimum Gasteiger partial charge on any atom is -0.356 e. The van der Waals surface area contributed by atoms with Crippen molar-refractivity contribution in [2.24, 2.45) is 0 Å². The highest BCUT2D eigenvalue weighted by molar-refractivity contribution is 6.06. The number of fused-ring (bicyclic) bond motifs is 2. The highest BCUT2D eigenvalue weighted by atomic mass is 16.2. The predicted octanol–water partition coefficient (Wildman–Crippen LogP) is 5.69. The molecule has 9 heteroatoms. The summed E-state index contributed by atoms with van der Waals surface area (Å²) < 4.78 is 0. The number of rotatable bonds is 6. The molecule has 37 heavy (non-hydrogen) atoms. The van der Waals surface area contributed by atoms with Crippen molar-refractivity contribution in [1.29, 1.82) is 0 Å². The second kappa shape index (κ2) is 9.31. The fraction of sp³-hybridized carbons (Fsp3) is 0. The van der Waals surface area contributed by atoms with Crippen LogP contribution in [0.5, 0.6) is 0 Å². The second-order valence-corrected chi connectivity index (χ2v) is 8.46. The van der Waals surface area contributed by atoms with Crippen LogP contribution in [0, 0.1) is 0 Å². The molecule has 0 unspecified atom stereocenters. The second-order valence-electron chi connectivity index (χ2n) is 8.46. The summed E-state index contributed by atoms with van der Waals surface area (Å²) in [5.74, 6) is -0.390. The molecule has 6 aromatic rings. The monoisotopic (exact) mass is 487 g/mol. The number of H-pyrrole nitrogens is 2. The summed E-state index contributed by atoms with van der Waals surface area (Å²) in [6.07, 6.45) is 3.20. The number of carbonyl (C=O) groups is 2. The van der Waals surface area contributed by atoms with Crippen LogP contribution in [0.1, 0.15) is 20.7 Å². The van der Waals surface area contributed by atoms with Crippen LogP contribution in [0.2, 0.25) is 0 Å². The number of anilines is 4. The van der Waals surface area contributed by atoms with Crippen LogP contribution >= 0.6 is 0 Å². The van der Waals surface area contributed by atoms with Gasteiger partial charge < -0.3 is 25.9 Å². The lowest BCUT2D eigenvalue weighted by molar-refractivity contribution is 0.101. The van der Waals surface area contributed by atoms with Gasteiger partial charge in [0.1, 0.15) is 0 Å². The van der Waals surface area contributed by atoms with Gasteiger partial charge in [0.25, 0.3) is 11.8 Å². The number of hydrogen-bond acceptors (Lipinski definition) is 5. The van der Waals surface area contributed by atoms with E-state index in [0.29, 0.717) is 22.5 Å². The third kappa shape index (κ3) is 4.73. The van der Waals surface area contributed by atoms with Crippen LogP contribution < -0.4 is 16.0 Å². The lowest BCUT2D eigenvalue weighted by atomic mass is 10.1. The molecular weight excluding hydrogens is 466 g/mol. The Kier molecular flexibility index (Phi) is 5.55. The molecule has 0 saturated heterocycles. The van der Waals surface area contributed by atoms with E-state index < -0.39 is 0 Å². The maximum Gasteiger partial charge on any atom is 0.255 e. The lowest BCUT2D eigenvalue weighted by Gasteiger charge is -2.10. The Bertz CT molecular complexity index is 1610. The Hall–Kier alpha value is -5.44. The largest absolute Gasteiger partial charge is 0.356 e. The number of aromatic nitrogens is 4. The van der Waals surface area contributed by atoms with Gasteiger partial charge in [0.15, 0.2) is 0 Å². The average Bonchev–Trinajstić information content (AvgIpc) is 3.59. The molecule has 0 aliphatic carbocycles. The number of nitrogens with zero attached hydrogens (tertiary/aromatic N) is 2. The molecule has 0 radical (unpaired) electrons. The van der Waals surface area contributed by atoms with E-state index >= 15 is 0 Å². The van der Waals surface area contributed by atoms with Gasteiger partial charge in [-0.1, -0.05) is 0 Å². The fourth-order valence-electron chi connectivity index (χ4n) is 4.00. The zero-order chi connectivity index (χ0) is 25.2. The van der Waals surface area contributed by atoms with E-state index in [0.717, 1.165) is 33.4 Å². The smallest absolute Gasteiger partial charge is 0.255 e. The predicted molar refractivity (Wildman–Crippen MR) is 144 cm³/mol. The summed E-state index contributed by atoms with van der Waals surface area (Å²) >= 11 is 0. The zero-order valence-corrected chi connectivity index (χ0v) is 19.4. The fourth-order valence-corrected chi connectivity index (χ4v) is 4.00. The molecule has 9 nitrogen and oxygen atoms in total. The van der Waals surface area contributed by atoms with Crippen molar-refractivity contribution in [3.63, 3.8) is 0 Å². The molecule has 2 aromatic heterocycles. The van der Waals surface area contributed by atoms with Crippen LogP contribution in [0.25, 0.3) is 22.1 Å². The van der Waals surface area contributed by atoms with E-state index in [-0.39, 0.29) is 11.8 Å². The van der Waals surface area contributed by atoms with Gasteiger partial charge in [-0.15, -0.1) is 0 Å². The van der Waals surface area contributed by atoms with Gasteiger partial charge in [0.2, 0.25) is 0 Å².